The Morgan fingerprint density at radius 1 is 1.20 bits per heavy atom. The van der Waals surface area contributed by atoms with E-state index >= 15 is 0 Å². The van der Waals surface area contributed by atoms with Gasteiger partial charge in [-0.1, -0.05) is 0 Å². The molecule has 1 unspecified atom stereocenters. The molecule has 0 aromatic rings. The monoisotopic (exact) mass is 140 g/mol. The van der Waals surface area contributed by atoms with Crippen LogP contribution in [0.1, 0.15) is 19.3 Å². The van der Waals surface area contributed by atoms with Crippen LogP contribution < -0.4 is 5.73 Å². The van der Waals surface area contributed by atoms with Gasteiger partial charge >= 0.3 is 0 Å². The molecule has 0 aromatic heterocycles. The third-order valence-electron chi connectivity index (χ3n) is 2.94. The third-order valence-corrected chi connectivity index (χ3v) is 2.94. The molecule has 3 saturated heterocycles. The maximum atomic E-state index is 5.98. The second-order valence-electron chi connectivity index (χ2n) is 3.66. The molecule has 2 bridgehead atoms. The average Bonchev–Trinajstić information content (AvgIpc) is 2.20. The lowest BCUT2D eigenvalue weighted by molar-refractivity contribution is 0.198. The molecule has 3 aliphatic rings. The fraction of sp³-hybridized carbons (Fsp3) is 1.00. The minimum Gasteiger partial charge on any atom is -0.326 e. The van der Waals surface area contributed by atoms with Crippen LogP contribution in [-0.2, 0) is 0 Å². The van der Waals surface area contributed by atoms with E-state index in [0.717, 1.165) is 12.5 Å². The average molecular weight is 140 g/mol. The summed E-state index contributed by atoms with van der Waals surface area (Å²) in [6.45, 7) is 3.76. The summed E-state index contributed by atoms with van der Waals surface area (Å²) < 4.78 is 0. The Kier molecular flexibility index (Phi) is 1.66. The van der Waals surface area contributed by atoms with Gasteiger partial charge in [-0.25, -0.2) is 0 Å². The van der Waals surface area contributed by atoms with Gasteiger partial charge in [0.15, 0.2) is 0 Å². The summed E-state index contributed by atoms with van der Waals surface area (Å²) in [7, 11) is 0. The maximum Gasteiger partial charge on any atom is 0.0196 e. The lowest BCUT2D eigenvalue weighted by Gasteiger charge is -2.31. The number of fused-ring (bicyclic) bond motifs is 4. The standard InChI is InChI=1S/C8H16N2/c9-8-6-10-4-1-2-7(8)3-5-10/h7-8H,1-6,9H2/t7-,8-/m0/s1. The number of nitrogens with zero attached hydrogens (tertiary/aromatic N) is 1. The Balaban J connectivity index is 2.07. The topological polar surface area (TPSA) is 29.3 Å². The summed E-state index contributed by atoms with van der Waals surface area (Å²) in [4.78, 5) is 2.51. The second-order valence-corrected chi connectivity index (χ2v) is 3.66. The number of rotatable bonds is 0. The van der Waals surface area contributed by atoms with Gasteiger partial charge in [-0.3, -0.25) is 0 Å². The van der Waals surface area contributed by atoms with Crippen LogP contribution >= 0.6 is 0 Å². The Morgan fingerprint density at radius 2 is 2.10 bits per heavy atom. The molecule has 0 spiro atoms. The fourth-order valence-electron chi connectivity index (χ4n) is 2.24. The molecule has 3 atom stereocenters. The first-order valence-electron chi connectivity index (χ1n) is 4.34. The molecule has 0 saturated carbocycles. The molecule has 0 aromatic carbocycles. The van der Waals surface area contributed by atoms with Crippen molar-refractivity contribution in [3.8, 4) is 0 Å². The summed E-state index contributed by atoms with van der Waals surface area (Å²) >= 11 is 0. The van der Waals surface area contributed by atoms with Crippen molar-refractivity contribution in [2.75, 3.05) is 19.6 Å². The molecule has 10 heavy (non-hydrogen) atoms. The zero-order chi connectivity index (χ0) is 6.97. The van der Waals surface area contributed by atoms with Crippen molar-refractivity contribution in [1.82, 2.24) is 4.90 Å². The molecule has 0 amide bonds. The summed E-state index contributed by atoms with van der Waals surface area (Å²) in [5.41, 5.74) is 5.98. The minimum absolute atomic E-state index is 0.483. The molecule has 3 fully saturated rings. The van der Waals surface area contributed by atoms with Crippen molar-refractivity contribution in [3.63, 3.8) is 0 Å². The highest BCUT2D eigenvalue weighted by molar-refractivity contribution is 4.86. The van der Waals surface area contributed by atoms with E-state index in [9.17, 15) is 0 Å². The lowest BCUT2D eigenvalue weighted by atomic mass is 9.91. The lowest BCUT2D eigenvalue weighted by Crippen LogP contribution is -2.45. The molecule has 2 nitrogen and oxygen atoms in total. The molecule has 3 rings (SSSR count). The molecule has 3 heterocycles. The molecule has 2 N–H and O–H groups in total. The van der Waals surface area contributed by atoms with E-state index in [-0.39, 0.29) is 0 Å². The SMILES string of the molecule is N[C@H]1CN2CCC[C@H]1CC2. The van der Waals surface area contributed by atoms with Crippen LogP contribution in [0.3, 0.4) is 0 Å². The van der Waals surface area contributed by atoms with Gasteiger partial charge in [0.2, 0.25) is 0 Å². The molecule has 3 aliphatic heterocycles. The number of piperidine rings is 1. The van der Waals surface area contributed by atoms with Gasteiger partial charge in [0, 0.05) is 12.6 Å². The third kappa shape index (κ3) is 1.06. The first kappa shape index (κ1) is 6.62. The zero-order valence-electron chi connectivity index (χ0n) is 6.42. The molecule has 2 heteroatoms. The van der Waals surface area contributed by atoms with Gasteiger partial charge in [-0.2, -0.15) is 0 Å². The second kappa shape index (κ2) is 2.51. The van der Waals surface area contributed by atoms with E-state index in [1.807, 2.05) is 0 Å². The van der Waals surface area contributed by atoms with E-state index in [4.69, 9.17) is 5.73 Å². The van der Waals surface area contributed by atoms with Crippen molar-refractivity contribution < 1.29 is 0 Å². The highest BCUT2D eigenvalue weighted by Gasteiger charge is 2.28. The highest BCUT2D eigenvalue weighted by Crippen LogP contribution is 2.25. The van der Waals surface area contributed by atoms with Crippen molar-refractivity contribution in [1.29, 1.82) is 0 Å². The fourth-order valence-corrected chi connectivity index (χ4v) is 2.24. The summed E-state index contributed by atoms with van der Waals surface area (Å²) in [6, 6.07) is 0.483. The molecule has 0 radical (unpaired) electrons. The van der Waals surface area contributed by atoms with Crippen LogP contribution in [0.25, 0.3) is 0 Å². The van der Waals surface area contributed by atoms with Gasteiger partial charge in [0.05, 0.1) is 0 Å². The van der Waals surface area contributed by atoms with Crippen molar-refractivity contribution in [3.05, 3.63) is 0 Å². The van der Waals surface area contributed by atoms with E-state index in [1.54, 1.807) is 0 Å². The predicted octanol–water partition coefficient (Wildman–Crippen LogP) is 0.429. The van der Waals surface area contributed by atoms with E-state index in [1.165, 1.54) is 32.4 Å². The van der Waals surface area contributed by atoms with E-state index < -0.39 is 0 Å². The van der Waals surface area contributed by atoms with Crippen molar-refractivity contribution >= 4 is 0 Å². The Hall–Kier alpha value is -0.0800. The quantitative estimate of drug-likeness (QED) is 0.528. The maximum absolute atomic E-state index is 5.98. The summed E-state index contributed by atoms with van der Waals surface area (Å²) in [6.07, 6.45) is 4.09. The summed E-state index contributed by atoms with van der Waals surface area (Å²) in [5.74, 6) is 0.846. The number of hydrogen-bond donors (Lipinski definition) is 1. The Labute approximate surface area is 62.4 Å². The van der Waals surface area contributed by atoms with Crippen LogP contribution in [0.2, 0.25) is 0 Å². The molecular weight excluding hydrogens is 124 g/mol. The molecule has 0 aliphatic carbocycles. The Morgan fingerprint density at radius 3 is 2.90 bits per heavy atom. The zero-order valence-corrected chi connectivity index (χ0v) is 6.42. The first-order chi connectivity index (χ1) is 4.86. The van der Waals surface area contributed by atoms with Crippen LogP contribution in [0.4, 0.5) is 0 Å². The van der Waals surface area contributed by atoms with Gasteiger partial charge in [0.1, 0.15) is 0 Å². The normalized spacial score (nSPS) is 47.1. The van der Waals surface area contributed by atoms with Crippen LogP contribution in [-0.4, -0.2) is 30.6 Å². The highest BCUT2D eigenvalue weighted by atomic mass is 15.1. The number of nitrogens with two attached hydrogens (primary N) is 1. The van der Waals surface area contributed by atoms with Crippen molar-refractivity contribution in [2.24, 2.45) is 11.7 Å². The van der Waals surface area contributed by atoms with Crippen LogP contribution in [0.5, 0.6) is 0 Å². The van der Waals surface area contributed by atoms with E-state index in [2.05, 4.69) is 4.90 Å². The predicted molar refractivity (Wildman–Crippen MR) is 41.8 cm³/mol. The van der Waals surface area contributed by atoms with Crippen molar-refractivity contribution in [2.45, 2.75) is 25.3 Å². The Bertz CT molecular complexity index is 120. The van der Waals surface area contributed by atoms with Gasteiger partial charge in [0.25, 0.3) is 0 Å². The van der Waals surface area contributed by atoms with Gasteiger partial charge < -0.3 is 10.6 Å². The van der Waals surface area contributed by atoms with E-state index in [0.29, 0.717) is 6.04 Å². The number of hydrogen-bond acceptors (Lipinski definition) is 2. The van der Waals surface area contributed by atoms with Crippen LogP contribution in [0.15, 0.2) is 0 Å². The molecular formula is C8H16N2. The largest absolute Gasteiger partial charge is 0.326 e. The minimum atomic E-state index is 0.483. The van der Waals surface area contributed by atoms with Crippen LogP contribution in [0, 0.1) is 5.92 Å². The summed E-state index contributed by atoms with van der Waals surface area (Å²) in [5, 5.41) is 0. The molecule has 58 valence electrons. The van der Waals surface area contributed by atoms with Gasteiger partial charge in [-0.15, -0.1) is 0 Å². The van der Waals surface area contributed by atoms with Gasteiger partial charge in [-0.05, 0) is 38.3 Å². The first-order valence-corrected chi connectivity index (χ1v) is 4.34. The smallest absolute Gasteiger partial charge is 0.0196 e.